The minimum atomic E-state index is -3.55. The van der Waals surface area contributed by atoms with Gasteiger partial charge in [0.2, 0.25) is 10.0 Å². The number of hydrogen-bond donors (Lipinski definition) is 2. The molecule has 1 unspecified atom stereocenters. The lowest BCUT2D eigenvalue weighted by Crippen LogP contribution is -2.40. The monoisotopic (exact) mass is 529 g/mol. The van der Waals surface area contributed by atoms with Crippen molar-refractivity contribution in [2.45, 2.75) is 24.2 Å². The van der Waals surface area contributed by atoms with Crippen molar-refractivity contribution in [1.82, 2.24) is 19.9 Å². The van der Waals surface area contributed by atoms with Gasteiger partial charge in [-0.15, -0.1) is 24.0 Å². The number of nitrogens with one attached hydrogen (secondary N) is 2. The Kier molecular flexibility index (Phi) is 9.31. The smallest absolute Gasteiger partial charge is 0.242 e. The molecule has 2 aromatic rings. The molecule has 2 N–H and O–H groups in total. The second kappa shape index (κ2) is 11.5. The number of aromatic nitrogens is 1. The first kappa shape index (κ1) is 23.6. The van der Waals surface area contributed by atoms with Gasteiger partial charge >= 0.3 is 0 Å². The van der Waals surface area contributed by atoms with E-state index in [1.807, 2.05) is 13.0 Å². The quantitative estimate of drug-likeness (QED) is 0.249. The first-order valence-corrected chi connectivity index (χ1v) is 11.1. The largest absolute Gasteiger partial charge is 0.357 e. The zero-order valence-corrected chi connectivity index (χ0v) is 19.6. The highest BCUT2D eigenvalue weighted by Crippen LogP contribution is 2.26. The van der Waals surface area contributed by atoms with Crippen LogP contribution in [0.3, 0.4) is 0 Å². The Morgan fingerprint density at radius 2 is 2.03 bits per heavy atom. The van der Waals surface area contributed by atoms with Crippen molar-refractivity contribution in [2.24, 2.45) is 4.99 Å². The number of pyridine rings is 1. The third-order valence-corrected chi connectivity index (χ3v) is 6.15. The average molecular weight is 529 g/mol. The molecule has 1 aromatic heterocycles. The summed E-state index contributed by atoms with van der Waals surface area (Å²) in [6.45, 7) is 5.26. The van der Waals surface area contributed by atoms with E-state index in [-0.39, 0.29) is 35.4 Å². The molecular weight excluding hydrogens is 501 g/mol. The van der Waals surface area contributed by atoms with E-state index in [0.717, 1.165) is 32.0 Å². The summed E-state index contributed by atoms with van der Waals surface area (Å²) in [7, 11) is -3.55. The number of guanidine groups is 1. The van der Waals surface area contributed by atoms with Crippen LogP contribution in [0.25, 0.3) is 0 Å². The third-order valence-electron chi connectivity index (χ3n) is 4.70. The Labute approximate surface area is 190 Å². The summed E-state index contributed by atoms with van der Waals surface area (Å²) in [6, 6.07) is 13.7. The summed E-state index contributed by atoms with van der Waals surface area (Å²) in [5.74, 6) is 1.33. The Bertz CT molecular complexity index is 878. The summed E-state index contributed by atoms with van der Waals surface area (Å²) in [5.41, 5.74) is 1.35. The van der Waals surface area contributed by atoms with Gasteiger partial charge in [0.1, 0.15) is 4.90 Å². The average Bonchev–Trinajstić information content (AvgIpc) is 3.22. The van der Waals surface area contributed by atoms with Crippen molar-refractivity contribution in [3.05, 3.63) is 60.4 Å². The summed E-state index contributed by atoms with van der Waals surface area (Å²) in [4.78, 5) is 10.9. The van der Waals surface area contributed by atoms with Crippen molar-refractivity contribution in [1.29, 1.82) is 0 Å². The van der Waals surface area contributed by atoms with E-state index in [1.54, 1.807) is 12.3 Å². The third kappa shape index (κ3) is 6.65. The number of hydrogen-bond acceptors (Lipinski definition) is 4. The maximum Gasteiger partial charge on any atom is 0.242 e. The molecule has 1 fully saturated rings. The van der Waals surface area contributed by atoms with Crippen LogP contribution in [0, 0.1) is 0 Å². The molecule has 9 heteroatoms. The van der Waals surface area contributed by atoms with Gasteiger partial charge in [0.25, 0.3) is 0 Å². The molecule has 0 amide bonds. The molecule has 2 heterocycles. The van der Waals surface area contributed by atoms with Gasteiger partial charge in [-0.3, -0.25) is 9.98 Å². The van der Waals surface area contributed by atoms with E-state index >= 15 is 0 Å². The molecule has 0 saturated carbocycles. The lowest BCUT2D eigenvalue weighted by Gasteiger charge is -2.21. The molecule has 3 rings (SSSR count). The van der Waals surface area contributed by atoms with E-state index in [2.05, 4.69) is 49.2 Å². The summed E-state index contributed by atoms with van der Waals surface area (Å²) in [5, 5.41) is 3.31. The van der Waals surface area contributed by atoms with Crippen LogP contribution in [0.2, 0.25) is 0 Å². The number of nitrogens with zero attached hydrogens (tertiary/aromatic N) is 3. The topological polar surface area (TPSA) is 86.7 Å². The maximum atomic E-state index is 12.2. The molecule has 1 aromatic carbocycles. The predicted molar refractivity (Wildman–Crippen MR) is 126 cm³/mol. The van der Waals surface area contributed by atoms with Crippen LogP contribution in [0.15, 0.2) is 64.7 Å². The van der Waals surface area contributed by atoms with E-state index in [4.69, 9.17) is 0 Å². The summed E-state index contributed by atoms with van der Waals surface area (Å²) < 4.78 is 27.0. The Hall–Kier alpha value is -1.72. The SMILES string of the molecule is CCNC(=NCCNS(=O)(=O)c1cccnc1)N1CCC(c2ccccc2)C1.I. The maximum absolute atomic E-state index is 12.2. The summed E-state index contributed by atoms with van der Waals surface area (Å²) in [6.07, 6.45) is 3.97. The second-order valence-electron chi connectivity index (χ2n) is 6.66. The molecule has 1 atom stereocenters. The van der Waals surface area contributed by atoms with E-state index in [9.17, 15) is 8.42 Å². The minimum absolute atomic E-state index is 0. The fourth-order valence-electron chi connectivity index (χ4n) is 3.31. The minimum Gasteiger partial charge on any atom is -0.357 e. The number of benzene rings is 1. The van der Waals surface area contributed by atoms with Crippen LogP contribution in [0.1, 0.15) is 24.8 Å². The molecule has 0 radical (unpaired) electrons. The first-order valence-electron chi connectivity index (χ1n) is 9.58. The fourth-order valence-corrected chi connectivity index (χ4v) is 4.29. The number of rotatable bonds is 7. The van der Waals surface area contributed by atoms with Crippen LogP contribution in [0.4, 0.5) is 0 Å². The standard InChI is InChI=1S/C20H27N5O2S.HI/c1-2-22-20(25-14-10-18(16-25)17-7-4-3-5-8-17)23-12-13-24-28(26,27)19-9-6-11-21-15-19;/h3-9,11,15,18,24H,2,10,12-14,16H2,1H3,(H,22,23);1H. The predicted octanol–water partition coefficient (Wildman–Crippen LogP) is 2.43. The normalized spacial score (nSPS) is 17.1. The molecule has 1 aliphatic heterocycles. The molecular formula is C20H28IN5O2S. The van der Waals surface area contributed by atoms with Crippen molar-refractivity contribution in [3.63, 3.8) is 0 Å². The van der Waals surface area contributed by atoms with Gasteiger partial charge < -0.3 is 10.2 Å². The van der Waals surface area contributed by atoms with Gasteiger partial charge in [0.15, 0.2) is 5.96 Å². The fraction of sp³-hybridized carbons (Fsp3) is 0.400. The molecule has 0 spiro atoms. The van der Waals surface area contributed by atoms with Crippen molar-refractivity contribution in [2.75, 3.05) is 32.7 Å². The zero-order chi connectivity index (χ0) is 19.8. The number of halogens is 1. The van der Waals surface area contributed by atoms with Gasteiger partial charge in [0, 0.05) is 44.5 Å². The van der Waals surface area contributed by atoms with Gasteiger partial charge in [-0.1, -0.05) is 30.3 Å². The van der Waals surface area contributed by atoms with Gasteiger partial charge in [-0.25, -0.2) is 13.1 Å². The highest BCUT2D eigenvalue weighted by atomic mass is 127. The highest BCUT2D eigenvalue weighted by Gasteiger charge is 2.25. The van der Waals surface area contributed by atoms with Crippen LogP contribution < -0.4 is 10.0 Å². The van der Waals surface area contributed by atoms with Crippen LogP contribution >= 0.6 is 24.0 Å². The van der Waals surface area contributed by atoms with E-state index < -0.39 is 10.0 Å². The zero-order valence-electron chi connectivity index (χ0n) is 16.5. The Morgan fingerprint density at radius 1 is 1.24 bits per heavy atom. The van der Waals surface area contributed by atoms with Crippen LogP contribution in [-0.4, -0.2) is 57.0 Å². The molecule has 0 aliphatic carbocycles. The Morgan fingerprint density at radius 3 is 2.72 bits per heavy atom. The van der Waals surface area contributed by atoms with Crippen molar-refractivity contribution >= 4 is 40.0 Å². The summed E-state index contributed by atoms with van der Waals surface area (Å²) >= 11 is 0. The van der Waals surface area contributed by atoms with Crippen molar-refractivity contribution in [3.8, 4) is 0 Å². The first-order chi connectivity index (χ1) is 13.6. The highest BCUT2D eigenvalue weighted by molar-refractivity contribution is 14.0. The number of likely N-dealkylation sites (tertiary alicyclic amines) is 1. The molecule has 1 saturated heterocycles. The molecule has 158 valence electrons. The Balaban J connectivity index is 0.00000300. The molecule has 7 nitrogen and oxygen atoms in total. The molecule has 0 bridgehead atoms. The van der Waals surface area contributed by atoms with E-state index in [0.29, 0.717) is 12.5 Å². The lowest BCUT2D eigenvalue weighted by atomic mass is 9.99. The van der Waals surface area contributed by atoms with Crippen molar-refractivity contribution < 1.29 is 8.42 Å². The molecule has 29 heavy (non-hydrogen) atoms. The number of sulfonamides is 1. The van der Waals surface area contributed by atoms with Crippen LogP contribution in [0.5, 0.6) is 0 Å². The van der Waals surface area contributed by atoms with Gasteiger partial charge in [-0.05, 0) is 31.0 Å². The van der Waals surface area contributed by atoms with E-state index in [1.165, 1.54) is 17.8 Å². The molecule has 1 aliphatic rings. The lowest BCUT2D eigenvalue weighted by molar-refractivity contribution is 0.486. The van der Waals surface area contributed by atoms with Crippen LogP contribution in [-0.2, 0) is 10.0 Å². The second-order valence-corrected chi connectivity index (χ2v) is 8.43. The van der Waals surface area contributed by atoms with Gasteiger partial charge in [-0.2, -0.15) is 0 Å². The number of aliphatic imine (C=N–C) groups is 1. The van der Waals surface area contributed by atoms with Gasteiger partial charge in [0.05, 0.1) is 6.54 Å².